The zero-order chi connectivity index (χ0) is 9.14. The lowest BCUT2D eigenvalue weighted by Crippen LogP contribution is -2.08. The van der Waals surface area contributed by atoms with Gasteiger partial charge in [0, 0.05) is 5.02 Å². The maximum absolute atomic E-state index is 9.21. The SMILES string of the molecule is CC(O)C(Cl)c1ccccc1Cl. The lowest BCUT2D eigenvalue weighted by Gasteiger charge is -2.13. The molecule has 3 heteroatoms. The minimum atomic E-state index is -0.591. The van der Waals surface area contributed by atoms with Crippen LogP contribution in [0.2, 0.25) is 5.02 Å². The molecule has 0 aliphatic carbocycles. The summed E-state index contributed by atoms with van der Waals surface area (Å²) in [5.41, 5.74) is 0.774. The van der Waals surface area contributed by atoms with Crippen molar-refractivity contribution in [3.63, 3.8) is 0 Å². The van der Waals surface area contributed by atoms with Gasteiger partial charge in [0.1, 0.15) is 0 Å². The highest BCUT2D eigenvalue weighted by Gasteiger charge is 2.15. The zero-order valence-electron chi connectivity index (χ0n) is 6.67. The van der Waals surface area contributed by atoms with Gasteiger partial charge in [0.05, 0.1) is 11.5 Å². The van der Waals surface area contributed by atoms with Crippen molar-refractivity contribution in [1.82, 2.24) is 0 Å². The van der Waals surface area contributed by atoms with Gasteiger partial charge in [-0.15, -0.1) is 11.6 Å². The summed E-state index contributed by atoms with van der Waals surface area (Å²) in [5, 5.41) is 9.37. The van der Waals surface area contributed by atoms with Crippen molar-refractivity contribution in [1.29, 1.82) is 0 Å². The van der Waals surface area contributed by atoms with Gasteiger partial charge in [-0.2, -0.15) is 0 Å². The molecule has 0 bridgehead atoms. The van der Waals surface area contributed by atoms with Crippen LogP contribution >= 0.6 is 23.2 Å². The third-order valence-corrected chi connectivity index (χ3v) is 2.57. The molecular formula is C9H10Cl2O. The minimum Gasteiger partial charge on any atom is -0.392 e. The molecule has 0 saturated heterocycles. The molecule has 12 heavy (non-hydrogen) atoms. The van der Waals surface area contributed by atoms with Crippen LogP contribution in [-0.2, 0) is 0 Å². The first kappa shape index (κ1) is 9.85. The van der Waals surface area contributed by atoms with Crippen LogP contribution in [0.4, 0.5) is 0 Å². The molecule has 1 N–H and O–H groups in total. The Balaban J connectivity index is 2.94. The second kappa shape index (κ2) is 4.13. The Morgan fingerprint density at radius 2 is 1.92 bits per heavy atom. The second-order valence-corrected chi connectivity index (χ2v) is 3.54. The topological polar surface area (TPSA) is 20.2 Å². The van der Waals surface area contributed by atoms with Crippen molar-refractivity contribution >= 4 is 23.2 Å². The van der Waals surface area contributed by atoms with Crippen LogP contribution in [0, 0.1) is 0 Å². The summed E-state index contributed by atoms with van der Waals surface area (Å²) in [4.78, 5) is 0. The standard InChI is InChI=1S/C9H10Cl2O/c1-6(12)9(11)7-4-2-3-5-8(7)10/h2-6,9,12H,1H3. The lowest BCUT2D eigenvalue weighted by atomic mass is 10.1. The normalized spacial score (nSPS) is 15.7. The van der Waals surface area contributed by atoms with Crippen LogP contribution < -0.4 is 0 Å². The van der Waals surface area contributed by atoms with Gasteiger partial charge >= 0.3 is 0 Å². The van der Waals surface area contributed by atoms with Crippen molar-refractivity contribution in [3.05, 3.63) is 34.9 Å². The van der Waals surface area contributed by atoms with Crippen molar-refractivity contribution in [2.45, 2.75) is 18.4 Å². The summed E-state index contributed by atoms with van der Waals surface area (Å²) < 4.78 is 0. The number of hydrogen-bond donors (Lipinski definition) is 1. The molecule has 0 aromatic heterocycles. The van der Waals surface area contributed by atoms with E-state index >= 15 is 0 Å². The third-order valence-electron chi connectivity index (χ3n) is 1.63. The fourth-order valence-corrected chi connectivity index (χ4v) is 1.46. The van der Waals surface area contributed by atoms with Crippen LogP contribution in [0.1, 0.15) is 17.9 Å². The fraction of sp³-hybridized carbons (Fsp3) is 0.333. The van der Waals surface area contributed by atoms with Gasteiger partial charge in [-0.25, -0.2) is 0 Å². The molecule has 0 aliphatic rings. The summed E-state index contributed by atoms with van der Waals surface area (Å²) in [7, 11) is 0. The summed E-state index contributed by atoms with van der Waals surface area (Å²) >= 11 is 11.8. The van der Waals surface area contributed by atoms with Crippen LogP contribution in [0.5, 0.6) is 0 Å². The number of hydrogen-bond acceptors (Lipinski definition) is 1. The van der Waals surface area contributed by atoms with Gasteiger partial charge in [-0.1, -0.05) is 29.8 Å². The van der Waals surface area contributed by atoms with Crippen molar-refractivity contribution < 1.29 is 5.11 Å². The van der Waals surface area contributed by atoms with E-state index in [1.807, 2.05) is 18.2 Å². The number of aliphatic hydroxyl groups excluding tert-OH is 1. The van der Waals surface area contributed by atoms with Crippen LogP contribution in [-0.4, -0.2) is 11.2 Å². The van der Waals surface area contributed by atoms with E-state index in [0.717, 1.165) is 5.56 Å². The largest absolute Gasteiger partial charge is 0.392 e. The molecule has 1 nitrogen and oxygen atoms in total. The smallest absolute Gasteiger partial charge is 0.0856 e. The molecule has 0 heterocycles. The van der Waals surface area contributed by atoms with E-state index in [2.05, 4.69) is 0 Å². The Morgan fingerprint density at radius 3 is 2.42 bits per heavy atom. The molecule has 2 atom stereocenters. The maximum Gasteiger partial charge on any atom is 0.0856 e. The quantitative estimate of drug-likeness (QED) is 0.735. The summed E-state index contributed by atoms with van der Waals surface area (Å²) in [6.07, 6.45) is -0.591. The predicted octanol–water partition coefficient (Wildman–Crippen LogP) is 3.00. The first-order chi connectivity index (χ1) is 5.63. The third kappa shape index (κ3) is 2.13. The van der Waals surface area contributed by atoms with Gasteiger partial charge in [-0.05, 0) is 18.6 Å². The van der Waals surface area contributed by atoms with E-state index in [0.29, 0.717) is 5.02 Å². The molecule has 66 valence electrons. The molecule has 1 rings (SSSR count). The van der Waals surface area contributed by atoms with Gasteiger partial charge in [0.2, 0.25) is 0 Å². The number of halogens is 2. The average Bonchev–Trinajstić information content (AvgIpc) is 2.04. The first-order valence-corrected chi connectivity index (χ1v) is 4.51. The molecule has 0 radical (unpaired) electrons. The van der Waals surface area contributed by atoms with Crippen molar-refractivity contribution in [3.8, 4) is 0 Å². The molecule has 2 unspecified atom stereocenters. The monoisotopic (exact) mass is 204 g/mol. The van der Waals surface area contributed by atoms with Crippen LogP contribution in [0.25, 0.3) is 0 Å². The molecule has 0 fully saturated rings. The highest BCUT2D eigenvalue weighted by molar-refractivity contribution is 6.32. The molecule has 1 aromatic rings. The summed E-state index contributed by atoms with van der Waals surface area (Å²) in [6.45, 7) is 1.64. The molecule has 0 amide bonds. The fourth-order valence-electron chi connectivity index (χ4n) is 0.959. The van der Waals surface area contributed by atoms with Gasteiger partial charge in [0.15, 0.2) is 0 Å². The maximum atomic E-state index is 9.21. The van der Waals surface area contributed by atoms with Crippen LogP contribution in [0.15, 0.2) is 24.3 Å². The van der Waals surface area contributed by atoms with E-state index in [-0.39, 0.29) is 0 Å². The number of rotatable bonds is 2. The van der Waals surface area contributed by atoms with E-state index in [1.54, 1.807) is 13.0 Å². The van der Waals surface area contributed by atoms with Gasteiger partial charge < -0.3 is 5.11 Å². The van der Waals surface area contributed by atoms with Crippen LogP contribution in [0.3, 0.4) is 0 Å². The highest BCUT2D eigenvalue weighted by atomic mass is 35.5. The molecule has 0 aliphatic heterocycles. The number of benzene rings is 1. The predicted molar refractivity (Wildman–Crippen MR) is 51.7 cm³/mol. The summed E-state index contributed by atoms with van der Waals surface area (Å²) in [6, 6.07) is 7.25. The first-order valence-electron chi connectivity index (χ1n) is 3.69. The Bertz CT molecular complexity index is 260. The van der Waals surface area contributed by atoms with E-state index < -0.39 is 11.5 Å². The Morgan fingerprint density at radius 1 is 1.33 bits per heavy atom. The Hall–Kier alpha value is -0.240. The van der Waals surface area contributed by atoms with E-state index in [9.17, 15) is 5.11 Å². The molecule has 1 aromatic carbocycles. The zero-order valence-corrected chi connectivity index (χ0v) is 8.18. The van der Waals surface area contributed by atoms with Crippen molar-refractivity contribution in [2.75, 3.05) is 0 Å². The van der Waals surface area contributed by atoms with E-state index in [4.69, 9.17) is 23.2 Å². The average molecular weight is 205 g/mol. The Kier molecular flexibility index (Phi) is 3.39. The molecule has 0 spiro atoms. The van der Waals surface area contributed by atoms with E-state index in [1.165, 1.54) is 0 Å². The molecule has 0 saturated carbocycles. The number of aliphatic hydroxyl groups is 1. The Labute approximate surface area is 81.9 Å². The van der Waals surface area contributed by atoms with Gasteiger partial charge in [0.25, 0.3) is 0 Å². The second-order valence-electron chi connectivity index (χ2n) is 2.66. The summed E-state index contributed by atoms with van der Waals surface area (Å²) in [5.74, 6) is 0. The molecular weight excluding hydrogens is 195 g/mol. The van der Waals surface area contributed by atoms with Gasteiger partial charge in [-0.3, -0.25) is 0 Å². The minimum absolute atomic E-state index is 0.432. The number of alkyl halides is 1. The highest BCUT2D eigenvalue weighted by Crippen LogP contribution is 2.29. The van der Waals surface area contributed by atoms with Crippen molar-refractivity contribution in [2.24, 2.45) is 0 Å². The lowest BCUT2D eigenvalue weighted by molar-refractivity contribution is 0.190.